The molecule has 1 aromatic heterocycles. The van der Waals surface area contributed by atoms with Crippen LogP contribution >= 0.6 is 22.6 Å². The minimum Gasteiger partial charge on any atom is -0.494 e. The SMILES string of the molecule is CCOc1cc(F)c(-c2[c-]cc(I)c(=O)n2CC)c(F)c1.[Y]. The molecule has 1 heterocycles. The molecule has 0 fully saturated rings. The van der Waals surface area contributed by atoms with E-state index in [-0.39, 0.29) is 55.3 Å². The summed E-state index contributed by atoms with van der Waals surface area (Å²) in [5.74, 6) is -1.44. The van der Waals surface area contributed by atoms with Crippen LogP contribution in [-0.4, -0.2) is 11.2 Å². The second-order valence-electron chi connectivity index (χ2n) is 4.23. The van der Waals surface area contributed by atoms with E-state index in [9.17, 15) is 13.6 Å². The molecule has 0 unspecified atom stereocenters. The third kappa shape index (κ3) is 3.95. The van der Waals surface area contributed by atoms with E-state index in [1.165, 1.54) is 10.6 Å². The van der Waals surface area contributed by atoms with E-state index < -0.39 is 11.6 Å². The van der Waals surface area contributed by atoms with Gasteiger partial charge < -0.3 is 9.30 Å². The van der Waals surface area contributed by atoms with E-state index in [0.29, 0.717) is 16.7 Å². The van der Waals surface area contributed by atoms with Gasteiger partial charge in [-0.1, -0.05) is 5.69 Å². The zero-order valence-corrected chi connectivity index (χ0v) is 17.1. The number of benzene rings is 1. The molecule has 0 amide bonds. The van der Waals surface area contributed by atoms with Crippen molar-refractivity contribution in [1.82, 2.24) is 4.57 Å². The Morgan fingerprint density at radius 1 is 1.27 bits per heavy atom. The Labute approximate surface area is 166 Å². The van der Waals surface area contributed by atoms with Gasteiger partial charge in [0.1, 0.15) is 5.75 Å². The quantitative estimate of drug-likeness (QED) is 0.482. The summed E-state index contributed by atoms with van der Waals surface area (Å²) in [7, 11) is 0. The normalized spacial score (nSPS) is 10.2. The predicted molar refractivity (Wildman–Crippen MR) is 84.5 cm³/mol. The second-order valence-corrected chi connectivity index (χ2v) is 5.39. The van der Waals surface area contributed by atoms with Crippen LogP contribution in [-0.2, 0) is 39.3 Å². The van der Waals surface area contributed by atoms with Crippen molar-refractivity contribution in [3.05, 3.63) is 49.8 Å². The van der Waals surface area contributed by atoms with Gasteiger partial charge in [0, 0.05) is 51.4 Å². The monoisotopic (exact) mass is 493 g/mol. The summed E-state index contributed by atoms with van der Waals surface area (Å²) in [4.78, 5) is 12.1. The van der Waals surface area contributed by atoms with Gasteiger partial charge in [0.15, 0.2) is 0 Å². The Kier molecular flexibility index (Phi) is 7.61. The Hall–Kier alpha value is -0.336. The Balaban J connectivity index is 0.00000242. The maximum Gasteiger partial charge on any atom is 0.207 e. The molecule has 3 nitrogen and oxygen atoms in total. The fourth-order valence-electron chi connectivity index (χ4n) is 2.04. The molecule has 0 spiro atoms. The first-order chi connectivity index (χ1) is 9.99. The minimum absolute atomic E-state index is 0. The maximum atomic E-state index is 14.2. The summed E-state index contributed by atoms with van der Waals surface area (Å²) in [6.45, 7) is 4.08. The van der Waals surface area contributed by atoms with Crippen molar-refractivity contribution in [3.8, 4) is 17.0 Å². The Morgan fingerprint density at radius 3 is 2.36 bits per heavy atom. The molecule has 22 heavy (non-hydrogen) atoms. The van der Waals surface area contributed by atoms with Crippen molar-refractivity contribution in [1.29, 1.82) is 0 Å². The number of pyridine rings is 1. The Bertz CT molecular complexity index is 711. The largest absolute Gasteiger partial charge is 0.494 e. The first-order valence-electron chi connectivity index (χ1n) is 6.42. The van der Waals surface area contributed by atoms with Gasteiger partial charge in [-0.05, 0) is 23.0 Å². The molecule has 1 aromatic carbocycles. The van der Waals surface area contributed by atoms with E-state index in [4.69, 9.17) is 4.74 Å². The average molecular weight is 493 g/mol. The molecule has 0 aliphatic rings. The summed E-state index contributed by atoms with van der Waals surface area (Å²) >= 11 is 1.87. The number of aromatic nitrogens is 1. The van der Waals surface area contributed by atoms with Gasteiger partial charge in [-0.25, -0.2) is 8.78 Å². The first-order valence-corrected chi connectivity index (χ1v) is 7.50. The van der Waals surface area contributed by atoms with E-state index in [2.05, 4.69) is 6.07 Å². The molecule has 0 saturated heterocycles. The molecule has 0 atom stereocenters. The van der Waals surface area contributed by atoms with Crippen LogP contribution in [0.1, 0.15) is 13.8 Å². The topological polar surface area (TPSA) is 31.2 Å². The van der Waals surface area contributed by atoms with E-state index in [1.807, 2.05) is 22.6 Å². The molecular formula is C15H13F2INO2Y-. The van der Waals surface area contributed by atoms with Crippen LogP contribution in [0.2, 0.25) is 0 Å². The van der Waals surface area contributed by atoms with Gasteiger partial charge in [-0.2, -0.15) is 12.1 Å². The minimum atomic E-state index is -0.780. The van der Waals surface area contributed by atoms with Gasteiger partial charge in [0.05, 0.1) is 18.2 Å². The van der Waals surface area contributed by atoms with Crippen molar-refractivity contribution >= 4 is 22.6 Å². The molecule has 0 N–H and O–H groups in total. The van der Waals surface area contributed by atoms with Crippen molar-refractivity contribution in [3.63, 3.8) is 0 Å². The second kappa shape index (κ2) is 8.50. The summed E-state index contributed by atoms with van der Waals surface area (Å²) < 4.78 is 35.3. The fraction of sp³-hybridized carbons (Fsp3) is 0.267. The fourth-order valence-corrected chi connectivity index (χ4v) is 2.48. The summed E-state index contributed by atoms with van der Waals surface area (Å²) in [6.07, 6.45) is 0. The number of rotatable bonds is 4. The summed E-state index contributed by atoms with van der Waals surface area (Å²) in [6, 6.07) is 6.43. The van der Waals surface area contributed by atoms with Crippen LogP contribution in [0.3, 0.4) is 0 Å². The van der Waals surface area contributed by atoms with E-state index in [0.717, 1.165) is 12.1 Å². The number of hydrogen-bond donors (Lipinski definition) is 0. The van der Waals surface area contributed by atoms with Crippen molar-refractivity contribution in [2.75, 3.05) is 6.61 Å². The van der Waals surface area contributed by atoms with Gasteiger partial charge in [-0.3, -0.25) is 4.79 Å². The number of halogens is 3. The Morgan fingerprint density at radius 2 is 1.86 bits per heavy atom. The molecule has 0 bridgehead atoms. The zero-order chi connectivity index (χ0) is 15.6. The van der Waals surface area contributed by atoms with Crippen LogP contribution < -0.4 is 10.3 Å². The third-order valence-corrected chi connectivity index (χ3v) is 3.71. The van der Waals surface area contributed by atoms with Gasteiger partial charge in [0.25, 0.3) is 0 Å². The molecule has 2 rings (SSSR count). The first kappa shape index (κ1) is 19.7. The molecule has 1 radical (unpaired) electrons. The molecule has 7 heteroatoms. The molecule has 115 valence electrons. The molecule has 0 aliphatic carbocycles. The molecular weight excluding hydrogens is 480 g/mol. The van der Waals surface area contributed by atoms with E-state index in [1.54, 1.807) is 13.8 Å². The zero-order valence-electron chi connectivity index (χ0n) is 12.1. The summed E-state index contributed by atoms with van der Waals surface area (Å²) in [5.41, 5.74) is -0.464. The predicted octanol–water partition coefficient (Wildman–Crippen LogP) is 3.61. The van der Waals surface area contributed by atoms with Gasteiger partial charge in [-0.15, -0.1) is 22.6 Å². The van der Waals surface area contributed by atoms with Crippen LogP contribution in [0.15, 0.2) is 23.0 Å². The molecule has 0 aliphatic heterocycles. The van der Waals surface area contributed by atoms with Crippen LogP contribution in [0, 0.1) is 21.3 Å². The summed E-state index contributed by atoms with van der Waals surface area (Å²) in [5, 5.41) is 0. The smallest absolute Gasteiger partial charge is 0.207 e. The van der Waals surface area contributed by atoms with Gasteiger partial charge in [0.2, 0.25) is 5.56 Å². The standard InChI is InChI=1S/C15H13F2INO2.Y/c1-3-19-13(6-5-12(18)15(19)20)14-10(16)7-9(21-4-2)8-11(14)17;/h5,7-8H,3-4H2,1-2H3;/q-1;. The van der Waals surface area contributed by atoms with Crippen molar-refractivity contribution in [2.45, 2.75) is 20.4 Å². The number of nitrogens with zero attached hydrogens (tertiary/aromatic N) is 1. The number of hydrogen-bond acceptors (Lipinski definition) is 2. The van der Waals surface area contributed by atoms with Crippen LogP contribution in [0.5, 0.6) is 5.75 Å². The van der Waals surface area contributed by atoms with E-state index >= 15 is 0 Å². The molecule has 0 saturated carbocycles. The average Bonchev–Trinajstić information content (AvgIpc) is 2.42. The van der Waals surface area contributed by atoms with Crippen LogP contribution in [0.4, 0.5) is 8.78 Å². The van der Waals surface area contributed by atoms with Crippen LogP contribution in [0.25, 0.3) is 11.3 Å². The maximum absolute atomic E-state index is 14.2. The van der Waals surface area contributed by atoms with Crippen molar-refractivity contribution in [2.24, 2.45) is 0 Å². The third-order valence-electron chi connectivity index (χ3n) is 2.93. The molecule has 2 aromatic rings. The number of ether oxygens (including phenoxy) is 1. The van der Waals surface area contributed by atoms with Gasteiger partial charge >= 0.3 is 0 Å². The van der Waals surface area contributed by atoms with Crippen molar-refractivity contribution < 1.29 is 46.2 Å².